The normalized spacial score (nSPS) is 13.6. The topological polar surface area (TPSA) is 23.2 Å². The zero-order chi connectivity index (χ0) is 8.39. The van der Waals surface area contributed by atoms with E-state index in [1.54, 1.807) is 0 Å². The van der Waals surface area contributed by atoms with E-state index >= 15 is 0 Å². The summed E-state index contributed by atoms with van der Waals surface area (Å²) in [5.41, 5.74) is 2.38. The first-order valence-corrected chi connectivity index (χ1v) is 4.16. The highest BCUT2D eigenvalue weighted by atomic mass is 127. The summed E-state index contributed by atoms with van der Waals surface area (Å²) in [6, 6.07) is 6.23. The molecule has 2 nitrogen and oxygen atoms in total. The third kappa shape index (κ3) is 2.43. The maximum Gasteiger partial charge on any atom is 0.174 e. The van der Waals surface area contributed by atoms with Gasteiger partial charge in [0.05, 0.1) is 5.56 Å². The summed E-state index contributed by atoms with van der Waals surface area (Å²) in [5, 5.41) is 0. The van der Waals surface area contributed by atoms with Crippen molar-refractivity contribution in [2.75, 3.05) is 13.2 Å². The molecule has 1 aliphatic rings. The van der Waals surface area contributed by atoms with Crippen molar-refractivity contribution < 1.29 is 33.7 Å². The summed E-state index contributed by atoms with van der Waals surface area (Å²) < 4.78 is 5.54. The van der Waals surface area contributed by atoms with Crippen molar-refractivity contribution in [3.8, 4) is 5.75 Å². The van der Waals surface area contributed by atoms with Crippen LogP contribution >= 0.6 is 0 Å². The second kappa shape index (κ2) is 4.60. The zero-order valence-corrected chi connectivity index (χ0v) is 9.67. The van der Waals surface area contributed by atoms with Gasteiger partial charge in [0.15, 0.2) is 12.8 Å². The monoisotopic (exact) mass is 289 g/mol. The number of aryl methyl sites for hydroxylation is 1. The third-order valence-electron chi connectivity index (χ3n) is 1.93. The first-order chi connectivity index (χ1) is 5.86. The van der Waals surface area contributed by atoms with E-state index in [1.165, 1.54) is 5.56 Å². The van der Waals surface area contributed by atoms with Gasteiger partial charge in [-0.25, -0.2) is 4.99 Å². The Labute approximate surface area is 95.0 Å². The summed E-state index contributed by atoms with van der Waals surface area (Å²) in [5.74, 6) is 0.986. The van der Waals surface area contributed by atoms with E-state index in [9.17, 15) is 0 Å². The number of halogens is 1. The fraction of sp³-hybridized carbons (Fsp3) is 0.300. The van der Waals surface area contributed by atoms with Gasteiger partial charge in [-0.2, -0.15) is 0 Å². The lowest BCUT2D eigenvalue weighted by molar-refractivity contribution is -0.452. The number of rotatable bonds is 0. The molecule has 1 aliphatic heterocycles. The molecule has 1 aromatic rings. The highest BCUT2D eigenvalue weighted by molar-refractivity contribution is 5.79. The minimum Gasteiger partial charge on any atom is -1.00 e. The number of benzene rings is 1. The Morgan fingerprint density at radius 3 is 3.08 bits per heavy atom. The second-order valence-electron chi connectivity index (χ2n) is 2.99. The molecule has 0 unspecified atom stereocenters. The molecule has 0 aliphatic carbocycles. The van der Waals surface area contributed by atoms with Gasteiger partial charge >= 0.3 is 0 Å². The maximum absolute atomic E-state index is 5.54. The predicted octanol–water partition coefficient (Wildman–Crippen LogP) is -3.11. The Kier molecular flexibility index (Phi) is 3.71. The van der Waals surface area contributed by atoms with Gasteiger partial charge in [-0.05, 0) is 24.6 Å². The van der Waals surface area contributed by atoms with Crippen molar-refractivity contribution in [1.82, 2.24) is 0 Å². The van der Waals surface area contributed by atoms with E-state index in [1.807, 2.05) is 6.21 Å². The molecule has 1 N–H and O–H groups in total. The van der Waals surface area contributed by atoms with Crippen LogP contribution in [0, 0.1) is 6.92 Å². The lowest BCUT2D eigenvalue weighted by Crippen LogP contribution is -3.00. The van der Waals surface area contributed by atoms with Crippen LogP contribution < -0.4 is 33.7 Å². The lowest BCUT2D eigenvalue weighted by Gasteiger charge is -2.03. The molecule has 0 saturated carbocycles. The van der Waals surface area contributed by atoms with Crippen LogP contribution in [0.5, 0.6) is 5.75 Å². The van der Waals surface area contributed by atoms with Gasteiger partial charge in [0.1, 0.15) is 12.4 Å². The van der Waals surface area contributed by atoms with Crippen LogP contribution in [0.1, 0.15) is 11.1 Å². The van der Waals surface area contributed by atoms with Crippen LogP contribution in [-0.2, 0) is 0 Å². The van der Waals surface area contributed by atoms with Crippen molar-refractivity contribution in [3.63, 3.8) is 0 Å². The van der Waals surface area contributed by atoms with Crippen molar-refractivity contribution in [2.24, 2.45) is 0 Å². The maximum atomic E-state index is 5.54. The van der Waals surface area contributed by atoms with Crippen molar-refractivity contribution in [1.29, 1.82) is 0 Å². The van der Waals surface area contributed by atoms with Crippen LogP contribution in [-0.4, -0.2) is 19.4 Å². The van der Waals surface area contributed by atoms with E-state index in [0.29, 0.717) is 0 Å². The Morgan fingerprint density at radius 1 is 1.38 bits per heavy atom. The molecule has 0 fully saturated rings. The molecule has 1 aromatic carbocycles. The average Bonchev–Trinajstić information content (AvgIpc) is 2.28. The summed E-state index contributed by atoms with van der Waals surface area (Å²) in [6.45, 7) is 3.70. The Balaban J connectivity index is 0.000000845. The Hall–Kier alpha value is -0.580. The van der Waals surface area contributed by atoms with Crippen LogP contribution in [0.4, 0.5) is 0 Å². The first-order valence-electron chi connectivity index (χ1n) is 4.16. The lowest BCUT2D eigenvalue weighted by atomic mass is 10.1. The third-order valence-corrected chi connectivity index (χ3v) is 1.93. The van der Waals surface area contributed by atoms with Gasteiger partial charge in [-0.3, -0.25) is 0 Å². The highest BCUT2D eigenvalue weighted by Crippen LogP contribution is 2.18. The van der Waals surface area contributed by atoms with E-state index < -0.39 is 0 Å². The van der Waals surface area contributed by atoms with E-state index in [-0.39, 0.29) is 24.0 Å². The van der Waals surface area contributed by atoms with Crippen molar-refractivity contribution in [3.05, 3.63) is 29.3 Å². The smallest absolute Gasteiger partial charge is 0.174 e. The van der Waals surface area contributed by atoms with Gasteiger partial charge in [-0.1, -0.05) is 6.07 Å². The fourth-order valence-corrected chi connectivity index (χ4v) is 1.29. The molecular formula is C10H12INO. The van der Waals surface area contributed by atoms with Crippen molar-refractivity contribution >= 4 is 6.21 Å². The van der Waals surface area contributed by atoms with E-state index in [4.69, 9.17) is 4.74 Å². The SMILES string of the molecule is Cc1ccc2c(c1)OCC[NH+]=C2.[I-]. The molecule has 0 spiro atoms. The molecule has 0 bridgehead atoms. The Morgan fingerprint density at radius 2 is 2.23 bits per heavy atom. The molecule has 0 aromatic heterocycles. The predicted molar refractivity (Wildman–Crippen MR) is 47.7 cm³/mol. The van der Waals surface area contributed by atoms with E-state index in [2.05, 4.69) is 30.1 Å². The van der Waals surface area contributed by atoms with Crippen molar-refractivity contribution in [2.45, 2.75) is 6.92 Å². The molecule has 13 heavy (non-hydrogen) atoms. The summed E-state index contributed by atoms with van der Waals surface area (Å²) in [4.78, 5) is 3.17. The largest absolute Gasteiger partial charge is 1.00 e. The molecule has 1 heterocycles. The van der Waals surface area contributed by atoms with Crippen LogP contribution in [0.2, 0.25) is 0 Å². The standard InChI is InChI=1S/C10H11NO.HI/c1-8-2-3-9-7-11-4-5-12-10(9)6-8;/h2-3,6-7H,4-5H2,1H3;1H. The van der Waals surface area contributed by atoms with Crippen LogP contribution in [0.15, 0.2) is 18.2 Å². The van der Waals surface area contributed by atoms with Gasteiger partial charge in [0.2, 0.25) is 0 Å². The molecule has 0 saturated heterocycles. The number of hydrogen-bond acceptors (Lipinski definition) is 1. The molecule has 0 radical (unpaired) electrons. The molecule has 2 rings (SSSR count). The summed E-state index contributed by atoms with van der Waals surface area (Å²) in [7, 11) is 0. The highest BCUT2D eigenvalue weighted by Gasteiger charge is 2.07. The fourth-order valence-electron chi connectivity index (χ4n) is 1.29. The number of ether oxygens (including phenoxy) is 1. The van der Waals surface area contributed by atoms with Crippen LogP contribution in [0.25, 0.3) is 0 Å². The van der Waals surface area contributed by atoms with Gasteiger partial charge < -0.3 is 28.7 Å². The zero-order valence-electron chi connectivity index (χ0n) is 7.51. The first kappa shape index (κ1) is 10.5. The molecule has 0 atom stereocenters. The van der Waals surface area contributed by atoms with Crippen LogP contribution in [0.3, 0.4) is 0 Å². The quantitative estimate of drug-likeness (QED) is 0.502. The second-order valence-corrected chi connectivity index (χ2v) is 2.99. The van der Waals surface area contributed by atoms with Gasteiger partial charge in [0.25, 0.3) is 0 Å². The summed E-state index contributed by atoms with van der Waals surface area (Å²) in [6.07, 6.45) is 2.00. The minimum atomic E-state index is 0. The van der Waals surface area contributed by atoms with Gasteiger partial charge in [-0.15, -0.1) is 0 Å². The summed E-state index contributed by atoms with van der Waals surface area (Å²) >= 11 is 0. The molecular weight excluding hydrogens is 277 g/mol. The number of hydrogen-bond donors (Lipinski definition) is 1. The average molecular weight is 289 g/mol. The van der Waals surface area contributed by atoms with E-state index in [0.717, 1.165) is 24.5 Å². The minimum absolute atomic E-state index is 0. The molecule has 3 heteroatoms. The number of nitrogens with one attached hydrogen (secondary N) is 1. The van der Waals surface area contributed by atoms with Gasteiger partial charge in [0, 0.05) is 0 Å². The number of fused-ring (bicyclic) bond motifs is 1. The Bertz CT molecular complexity index is 323. The molecule has 70 valence electrons. The molecule has 0 amide bonds.